The Morgan fingerprint density at radius 3 is 2.76 bits per heavy atom. The predicted molar refractivity (Wildman–Crippen MR) is 72.1 cm³/mol. The molecule has 0 saturated carbocycles. The molecule has 0 aromatic heterocycles. The van der Waals surface area contributed by atoms with Crippen LogP contribution in [0.1, 0.15) is 57.8 Å². The summed E-state index contributed by atoms with van der Waals surface area (Å²) in [5.41, 5.74) is 0.870. The first-order chi connectivity index (χ1) is 8.21. The zero-order valence-electron chi connectivity index (χ0n) is 11.2. The third kappa shape index (κ3) is 3.56. The van der Waals surface area contributed by atoms with Crippen molar-refractivity contribution in [3.8, 4) is 0 Å². The van der Waals surface area contributed by atoms with Gasteiger partial charge in [-0.15, -0.1) is 0 Å². The molecule has 1 fully saturated rings. The number of hydrogen-bond donors (Lipinski definition) is 1. The van der Waals surface area contributed by atoms with Gasteiger partial charge in [0.15, 0.2) is 0 Å². The van der Waals surface area contributed by atoms with Crippen LogP contribution in [0.15, 0.2) is 11.6 Å². The van der Waals surface area contributed by atoms with E-state index in [1.165, 1.54) is 37.7 Å². The van der Waals surface area contributed by atoms with E-state index >= 15 is 0 Å². The summed E-state index contributed by atoms with van der Waals surface area (Å²) in [5.74, 6) is 0. The summed E-state index contributed by atoms with van der Waals surface area (Å²) >= 11 is 0. The molecule has 0 bridgehead atoms. The lowest BCUT2D eigenvalue weighted by atomic mass is 9.82. The second-order valence-corrected chi connectivity index (χ2v) is 5.87. The van der Waals surface area contributed by atoms with Crippen molar-refractivity contribution in [2.24, 2.45) is 0 Å². The SMILES string of the molecule is CN1CCCC(O)(C2=CCCCCCC2)CC1. The summed E-state index contributed by atoms with van der Waals surface area (Å²) < 4.78 is 0. The molecule has 0 spiro atoms. The third-order valence-corrected chi connectivity index (χ3v) is 4.43. The van der Waals surface area contributed by atoms with Gasteiger partial charge in [-0.05, 0) is 64.1 Å². The summed E-state index contributed by atoms with van der Waals surface area (Å²) in [6.45, 7) is 2.17. The molecule has 1 aliphatic heterocycles. The first kappa shape index (κ1) is 13.1. The molecule has 2 rings (SSSR count). The highest BCUT2D eigenvalue weighted by Gasteiger charge is 2.32. The second-order valence-electron chi connectivity index (χ2n) is 5.87. The highest BCUT2D eigenvalue weighted by atomic mass is 16.3. The average molecular weight is 237 g/mol. The van der Waals surface area contributed by atoms with Crippen LogP contribution < -0.4 is 0 Å². The van der Waals surface area contributed by atoms with E-state index in [1.54, 1.807) is 0 Å². The van der Waals surface area contributed by atoms with Crippen LogP contribution in [0.2, 0.25) is 0 Å². The summed E-state index contributed by atoms with van der Waals surface area (Å²) in [6.07, 6.45) is 12.9. The van der Waals surface area contributed by atoms with Gasteiger partial charge in [-0.25, -0.2) is 0 Å². The summed E-state index contributed by atoms with van der Waals surface area (Å²) in [4.78, 5) is 2.35. The van der Waals surface area contributed by atoms with Gasteiger partial charge in [0.1, 0.15) is 0 Å². The van der Waals surface area contributed by atoms with E-state index in [0.29, 0.717) is 0 Å². The van der Waals surface area contributed by atoms with Gasteiger partial charge in [0.05, 0.1) is 5.60 Å². The van der Waals surface area contributed by atoms with Crippen molar-refractivity contribution in [1.29, 1.82) is 0 Å². The van der Waals surface area contributed by atoms with Crippen molar-refractivity contribution in [2.75, 3.05) is 20.1 Å². The normalized spacial score (nSPS) is 33.4. The molecule has 2 heteroatoms. The van der Waals surface area contributed by atoms with E-state index < -0.39 is 5.60 Å². The molecule has 1 N–H and O–H groups in total. The maximum atomic E-state index is 10.9. The average Bonchev–Trinajstić information content (AvgIpc) is 2.41. The Kier molecular flexibility index (Phi) is 4.63. The molecule has 1 saturated heterocycles. The van der Waals surface area contributed by atoms with Gasteiger partial charge in [-0.1, -0.05) is 18.9 Å². The van der Waals surface area contributed by atoms with Crippen molar-refractivity contribution in [3.63, 3.8) is 0 Å². The molecule has 2 nitrogen and oxygen atoms in total. The van der Waals surface area contributed by atoms with Crippen LogP contribution in [-0.2, 0) is 0 Å². The van der Waals surface area contributed by atoms with E-state index in [2.05, 4.69) is 18.0 Å². The molecular weight excluding hydrogens is 210 g/mol. The molecule has 17 heavy (non-hydrogen) atoms. The molecule has 1 heterocycles. The van der Waals surface area contributed by atoms with Gasteiger partial charge in [0.2, 0.25) is 0 Å². The van der Waals surface area contributed by atoms with E-state index in [-0.39, 0.29) is 0 Å². The summed E-state index contributed by atoms with van der Waals surface area (Å²) in [6, 6.07) is 0. The maximum Gasteiger partial charge on any atom is 0.0869 e. The minimum absolute atomic E-state index is 0.484. The lowest BCUT2D eigenvalue weighted by Crippen LogP contribution is -2.33. The zero-order valence-corrected chi connectivity index (χ0v) is 11.2. The number of aliphatic hydroxyl groups is 1. The van der Waals surface area contributed by atoms with Gasteiger partial charge >= 0.3 is 0 Å². The monoisotopic (exact) mass is 237 g/mol. The fraction of sp³-hybridized carbons (Fsp3) is 0.867. The molecular formula is C15H27NO. The molecule has 1 aliphatic carbocycles. The van der Waals surface area contributed by atoms with Crippen molar-refractivity contribution in [3.05, 3.63) is 11.6 Å². The van der Waals surface area contributed by atoms with Crippen LogP contribution in [0.4, 0.5) is 0 Å². The lowest BCUT2D eigenvalue weighted by Gasteiger charge is -2.31. The van der Waals surface area contributed by atoms with Crippen LogP contribution >= 0.6 is 0 Å². The Morgan fingerprint density at radius 2 is 1.88 bits per heavy atom. The molecule has 98 valence electrons. The van der Waals surface area contributed by atoms with Crippen LogP contribution in [0.3, 0.4) is 0 Å². The Labute approximate surface area is 106 Å². The first-order valence-corrected chi connectivity index (χ1v) is 7.31. The largest absolute Gasteiger partial charge is 0.385 e. The number of likely N-dealkylation sites (tertiary alicyclic amines) is 1. The van der Waals surface area contributed by atoms with Crippen molar-refractivity contribution < 1.29 is 5.11 Å². The molecule has 0 amide bonds. The number of allylic oxidation sites excluding steroid dienone is 1. The minimum atomic E-state index is -0.484. The highest BCUT2D eigenvalue weighted by molar-refractivity contribution is 5.18. The third-order valence-electron chi connectivity index (χ3n) is 4.43. The lowest BCUT2D eigenvalue weighted by molar-refractivity contribution is 0.0586. The van der Waals surface area contributed by atoms with E-state index in [1.807, 2.05) is 0 Å². The van der Waals surface area contributed by atoms with Crippen LogP contribution in [-0.4, -0.2) is 35.7 Å². The van der Waals surface area contributed by atoms with Crippen LogP contribution in [0.5, 0.6) is 0 Å². The molecule has 0 aromatic rings. The quantitative estimate of drug-likeness (QED) is 0.708. The fourth-order valence-corrected chi connectivity index (χ4v) is 3.19. The molecule has 0 aromatic carbocycles. The van der Waals surface area contributed by atoms with E-state index in [4.69, 9.17) is 0 Å². The zero-order chi connectivity index (χ0) is 12.1. The number of hydrogen-bond acceptors (Lipinski definition) is 2. The van der Waals surface area contributed by atoms with Gasteiger partial charge in [-0.3, -0.25) is 0 Å². The standard InChI is InChI=1S/C15H27NO/c1-16-12-7-10-15(17,11-13-16)14-8-5-3-2-4-6-9-14/h8,17H,2-7,9-13H2,1H3. The smallest absolute Gasteiger partial charge is 0.0869 e. The highest BCUT2D eigenvalue weighted by Crippen LogP contribution is 2.34. The van der Waals surface area contributed by atoms with E-state index in [9.17, 15) is 5.11 Å². The molecule has 1 unspecified atom stereocenters. The van der Waals surface area contributed by atoms with E-state index in [0.717, 1.165) is 38.8 Å². The van der Waals surface area contributed by atoms with Crippen molar-refractivity contribution >= 4 is 0 Å². The van der Waals surface area contributed by atoms with Crippen LogP contribution in [0.25, 0.3) is 0 Å². The Hall–Kier alpha value is -0.340. The molecule has 1 atom stereocenters. The summed E-state index contributed by atoms with van der Waals surface area (Å²) in [7, 11) is 2.16. The van der Waals surface area contributed by atoms with Gasteiger partial charge in [0, 0.05) is 6.54 Å². The molecule has 2 aliphatic rings. The number of nitrogens with zero attached hydrogens (tertiary/aromatic N) is 1. The Morgan fingerprint density at radius 1 is 1.06 bits per heavy atom. The van der Waals surface area contributed by atoms with Gasteiger partial charge < -0.3 is 10.0 Å². The van der Waals surface area contributed by atoms with Crippen LogP contribution in [0, 0.1) is 0 Å². The number of rotatable bonds is 1. The van der Waals surface area contributed by atoms with Crippen molar-refractivity contribution in [2.45, 2.75) is 63.4 Å². The fourth-order valence-electron chi connectivity index (χ4n) is 3.19. The Balaban J connectivity index is 2.06. The minimum Gasteiger partial charge on any atom is -0.385 e. The predicted octanol–water partition coefficient (Wildman–Crippen LogP) is 3.11. The topological polar surface area (TPSA) is 23.5 Å². The Bertz CT molecular complexity index is 274. The van der Waals surface area contributed by atoms with Crippen molar-refractivity contribution in [1.82, 2.24) is 4.90 Å². The van der Waals surface area contributed by atoms with Gasteiger partial charge in [0.25, 0.3) is 0 Å². The maximum absolute atomic E-state index is 10.9. The van der Waals surface area contributed by atoms with Gasteiger partial charge in [-0.2, -0.15) is 0 Å². The molecule has 0 radical (unpaired) electrons. The summed E-state index contributed by atoms with van der Waals surface area (Å²) in [5, 5.41) is 10.9. The first-order valence-electron chi connectivity index (χ1n) is 7.31. The second kappa shape index (κ2) is 6.01.